The second-order valence-corrected chi connectivity index (χ2v) is 5.91. The first-order valence-corrected chi connectivity index (χ1v) is 7.96. The van der Waals surface area contributed by atoms with Crippen LogP contribution in [0.1, 0.15) is 11.3 Å². The number of aromatic nitrogens is 1. The van der Waals surface area contributed by atoms with Crippen molar-refractivity contribution >= 4 is 39.0 Å². The number of halogens is 1. The molecule has 2 aromatic carbocycles. The van der Waals surface area contributed by atoms with E-state index in [1.54, 1.807) is 14.2 Å². The molecule has 0 fully saturated rings. The van der Waals surface area contributed by atoms with E-state index in [1.807, 2.05) is 48.6 Å². The number of hydrogen-bond donors (Lipinski definition) is 0. The van der Waals surface area contributed by atoms with Crippen LogP contribution in [0.3, 0.4) is 0 Å². The van der Waals surface area contributed by atoms with Crippen LogP contribution in [0, 0.1) is 0 Å². The number of benzene rings is 2. The van der Waals surface area contributed by atoms with Gasteiger partial charge >= 0.3 is 0 Å². The molecule has 0 unspecified atom stereocenters. The number of hydrogen-bond acceptors (Lipinski definition) is 3. The Bertz CT molecular complexity index is 874. The molecule has 1 aromatic heterocycles. The van der Waals surface area contributed by atoms with Gasteiger partial charge in [0.1, 0.15) is 0 Å². The molecule has 23 heavy (non-hydrogen) atoms. The van der Waals surface area contributed by atoms with E-state index in [2.05, 4.69) is 33.0 Å². The van der Waals surface area contributed by atoms with Gasteiger partial charge in [-0.3, -0.25) is 0 Å². The molecule has 0 aliphatic carbocycles. The topological polar surface area (TPSA) is 31.4 Å². The molecule has 116 valence electrons. The summed E-state index contributed by atoms with van der Waals surface area (Å²) in [6.45, 7) is 0. The monoisotopic (exact) mass is 369 g/mol. The Morgan fingerprint density at radius 2 is 1.78 bits per heavy atom. The van der Waals surface area contributed by atoms with Crippen LogP contribution in [0.15, 0.2) is 53.0 Å². The summed E-state index contributed by atoms with van der Waals surface area (Å²) < 4.78 is 11.8. The van der Waals surface area contributed by atoms with Gasteiger partial charge in [-0.2, -0.15) is 0 Å². The van der Waals surface area contributed by atoms with Crippen LogP contribution in [-0.4, -0.2) is 19.2 Å². The Morgan fingerprint density at radius 1 is 0.957 bits per heavy atom. The predicted molar refractivity (Wildman–Crippen MR) is 97.9 cm³/mol. The molecule has 0 aliphatic rings. The minimum atomic E-state index is 0.688. The average molecular weight is 370 g/mol. The largest absolute Gasteiger partial charge is 0.493 e. The molecule has 3 aromatic rings. The number of para-hydroxylation sites is 1. The molecular weight excluding hydrogens is 354 g/mol. The fourth-order valence-electron chi connectivity index (χ4n) is 2.43. The molecule has 0 amide bonds. The summed E-state index contributed by atoms with van der Waals surface area (Å²) in [5, 5.41) is 1.13. The zero-order valence-electron chi connectivity index (χ0n) is 12.9. The van der Waals surface area contributed by atoms with Crippen LogP contribution >= 0.6 is 15.9 Å². The van der Waals surface area contributed by atoms with Crippen LogP contribution in [0.5, 0.6) is 11.5 Å². The van der Waals surface area contributed by atoms with Gasteiger partial charge in [0.15, 0.2) is 11.5 Å². The Hall–Kier alpha value is -2.33. The first-order chi connectivity index (χ1) is 11.2. The van der Waals surface area contributed by atoms with Gasteiger partial charge in [0.05, 0.1) is 25.4 Å². The molecule has 1 heterocycles. The van der Waals surface area contributed by atoms with Crippen LogP contribution in [0.4, 0.5) is 0 Å². The quantitative estimate of drug-likeness (QED) is 0.634. The lowest BCUT2D eigenvalue weighted by atomic mass is 10.1. The van der Waals surface area contributed by atoms with Crippen LogP contribution in [0.25, 0.3) is 23.1 Å². The summed E-state index contributed by atoms with van der Waals surface area (Å²) in [6, 6.07) is 16.0. The number of fused-ring (bicyclic) bond motifs is 1. The number of nitrogens with zero attached hydrogens (tertiary/aromatic N) is 1. The number of methoxy groups -OCH3 is 2. The molecule has 0 spiro atoms. The molecule has 0 saturated carbocycles. The normalized spacial score (nSPS) is 11.1. The highest BCUT2D eigenvalue weighted by Crippen LogP contribution is 2.35. The maximum Gasteiger partial charge on any atom is 0.167 e. The molecule has 3 rings (SSSR count). The summed E-state index contributed by atoms with van der Waals surface area (Å²) in [7, 11) is 3.26. The maximum atomic E-state index is 5.46. The molecule has 3 nitrogen and oxygen atoms in total. The van der Waals surface area contributed by atoms with Crippen molar-refractivity contribution in [3.63, 3.8) is 0 Å². The van der Waals surface area contributed by atoms with Gasteiger partial charge in [0, 0.05) is 15.4 Å². The maximum absolute atomic E-state index is 5.46. The summed E-state index contributed by atoms with van der Waals surface area (Å²) in [6.07, 6.45) is 3.94. The molecule has 0 N–H and O–H groups in total. The van der Waals surface area contributed by atoms with E-state index in [0.717, 1.165) is 26.6 Å². The third-order valence-electron chi connectivity index (χ3n) is 3.53. The van der Waals surface area contributed by atoms with Crippen molar-refractivity contribution in [2.45, 2.75) is 0 Å². The van der Waals surface area contributed by atoms with Crippen molar-refractivity contribution < 1.29 is 9.47 Å². The lowest BCUT2D eigenvalue weighted by Gasteiger charge is -2.11. The number of rotatable bonds is 4. The van der Waals surface area contributed by atoms with Crippen molar-refractivity contribution in [3.8, 4) is 11.5 Å². The van der Waals surface area contributed by atoms with E-state index >= 15 is 0 Å². The summed E-state index contributed by atoms with van der Waals surface area (Å²) >= 11 is 3.49. The lowest BCUT2D eigenvalue weighted by Crippen LogP contribution is -1.93. The molecule has 0 radical (unpaired) electrons. The highest BCUT2D eigenvalue weighted by Gasteiger charge is 2.09. The average Bonchev–Trinajstić information content (AvgIpc) is 2.59. The summed E-state index contributed by atoms with van der Waals surface area (Å²) in [5.74, 6) is 1.39. The standard InChI is InChI=1S/C19H16BrNO2/c1-22-18-12-15(20)11-14(19(18)23-2)8-10-16-9-7-13-5-3-4-6-17(13)21-16/h3-12H,1-2H3. The van der Waals surface area contributed by atoms with Gasteiger partial charge in [0.2, 0.25) is 0 Å². The predicted octanol–water partition coefficient (Wildman–Crippen LogP) is 5.18. The van der Waals surface area contributed by atoms with Crippen molar-refractivity contribution in [3.05, 3.63) is 64.3 Å². The van der Waals surface area contributed by atoms with Crippen LogP contribution in [0.2, 0.25) is 0 Å². The molecule has 0 aliphatic heterocycles. The Kier molecular flexibility index (Phi) is 4.63. The first-order valence-electron chi connectivity index (χ1n) is 7.16. The smallest absolute Gasteiger partial charge is 0.167 e. The van der Waals surface area contributed by atoms with Gasteiger partial charge in [-0.25, -0.2) is 4.98 Å². The van der Waals surface area contributed by atoms with Crippen LogP contribution < -0.4 is 9.47 Å². The van der Waals surface area contributed by atoms with Gasteiger partial charge in [-0.1, -0.05) is 40.2 Å². The fraction of sp³-hybridized carbons (Fsp3) is 0.105. The van der Waals surface area contributed by atoms with Crippen molar-refractivity contribution in [2.75, 3.05) is 14.2 Å². The minimum absolute atomic E-state index is 0.688. The number of ether oxygens (including phenoxy) is 2. The molecule has 0 atom stereocenters. The van der Waals surface area contributed by atoms with Crippen LogP contribution in [-0.2, 0) is 0 Å². The Balaban J connectivity index is 1.99. The summed E-state index contributed by atoms with van der Waals surface area (Å²) in [4.78, 5) is 4.64. The zero-order valence-corrected chi connectivity index (χ0v) is 14.5. The third-order valence-corrected chi connectivity index (χ3v) is 3.98. The Labute approximate surface area is 143 Å². The van der Waals surface area contributed by atoms with E-state index in [0.29, 0.717) is 11.5 Å². The second-order valence-electron chi connectivity index (χ2n) is 4.99. The SMILES string of the molecule is COc1cc(Br)cc(C=Cc2ccc3ccccc3n2)c1OC. The van der Waals surface area contributed by atoms with E-state index < -0.39 is 0 Å². The van der Waals surface area contributed by atoms with E-state index in [-0.39, 0.29) is 0 Å². The molecule has 4 heteroatoms. The van der Waals surface area contributed by atoms with Gasteiger partial charge < -0.3 is 9.47 Å². The van der Waals surface area contributed by atoms with E-state index in [1.165, 1.54) is 0 Å². The van der Waals surface area contributed by atoms with Crippen molar-refractivity contribution in [1.82, 2.24) is 4.98 Å². The number of pyridine rings is 1. The van der Waals surface area contributed by atoms with Gasteiger partial charge in [0.25, 0.3) is 0 Å². The van der Waals surface area contributed by atoms with E-state index in [9.17, 15) is 0 Å². The van der Waals surface area contributed by atoms with Crippen molar-refractivity contribution in [1.29, 1.82) is 0 Å². The minimum Gasteiger partial charge on any atom is -0.493 e. The fourth-order valence-corrected chi connectivity index (χ4v) is 2.89. The van der Waals surface area contributed by atoms with Crippen molar-refractivity contribution in [2.24, 2.45) is 0 Å². The highest BCUT2D eigenvalue weighted by molar-refractivity contribution is 9.10. The van der Waals surface area contributed by atoms with Gasteiger partial charge in [-0.15, -0.1) is 0 Å². The molecule has 0 bridgehead atoms. The summed E-state index contributed by atoms with van der Waals surface area (Å²) in [5.41, 5.74) is 2.80. The Morgan fingerprint density at radius 3 is 2.57 bits per heavy atom. The zero-order chi connectivity index (χ0) is 16.2. The lowest BCUT2D eigenvalue weighted by molar-refractivity contribution is 0.354. The third kappa shape index (κ3) is 3.37. The highest BCUT2D eigenvalue weighted by atomic mass is 79.9. The van der Waals surface area contributed by atoms with Gasteiger partial charge in [-0.05, 0) is 36.4 Å². The first kappa shape index (κ1) is 15.6. The van der Waals surface area contributed by atoms with E-state index in [4.69, 9.17) is 9.47 Å². The molecule has 0 saturated heterocycles. The second kappa shape index (κ2) is 6.84. The molecular formula is C19H16BrNO2.